The van der Waals surface area contributed by atoms with Gasteiger partial charge in [-0.15, -0.1) is 4.58 Å². The Labute approximate surface area is 106 Å². The van der Waals surface area contributed by atoms with Crippen molar-refractivity contribution in [3.05, 3.63) is 43.0 Å². The summed E-state index contributed by atoms with van der Waals surface area (Å²) in [7, 11) is 1.67. The molecule has 0 bridgehead atoms. The summed E-state index contributed by atoms with van der Waals surface area (Å²) < 4.78 is 11.2. The molecule has 0 fully saturated rings. The molecule has 0 unspecified atom stereocenters. The van der Waals surface area contributed by atoms with Crippen LogP contribution in [0.1, 0.15) is 0 Å². The van der Waals surface area contributed by atoms with Gasteiger partial charge in [-0.25, -0.2) is 4.79 Å². The largest absolute Gasteiger partial charge is 0.552 e. The Kier molecular flexibility index (Phi) is 5.44. The third kappa shape index (κ3) is 4.29. The molecule has 0 aromatic heterocycles. The quantitative estimate of drug-likeness (QED) is 0.215. The van der Waals surface area contributed by atoms with Gasteiger partial charge in [-0.2, -0.15) is 0 Å². The monoisotopic (exact) mass is 250 g/mol. The summed E-state index contributed by atoms with van der Waals surface area (Å²) in [6, 6.07) is 9.24. The number of para-hydroxylation sites is 1. The number of esters is 1. The number of carbonyl (C=O) groups is 1. The average molecular weight is 250 g/mol. The minimum atomic E-state index is -0.519. The number of aliphatic hydroxyl groups excluding tert-OH is 1. The zero-order valence-corrected chi connectivity index (χ0v) is 10.2. The van der Waals surface area contributed by atoms with E-state index in [0.29, 0.717) is 0 Å². The lowest BCUT2D eigenvalue weighted by molar-refractivity contribution is -0.428. The molecule has 96 valence electrons. The summed E-state index contributed by atoms with van der Waals surface area (Å²) in [4.78, 5) is 10.7. The van der Waals surface area contributed by atoms with Crippen molar-refractivity contribution >= 4 is 17.7 Å². The number of hydrogen-bond acceptors (Lipinski definition) is 3. The highest BCUT2D eigenvalue weighted by molar-refractivity contribution is 5.81. The maximum Gasteiger partial charge on any atom is 0.552 e. The predicted octanol–water partition coefficient (Wildman–Crippen LogP) is 1.62. The molecule has 1 aromatic rings. The van der Waals surface area contributed by atoms with Crippen LogP contribution in [0, 0.1) is 0 Å². The molecule has 0 spiro atoms. The first-order chi connectivity index (χ1) is 8.65. The van der Waals surface area contributed by atoms with E-state index in [-0.39, 0.29) is 19.3 Å². The van der Waals surface area contributed by atoms with Crippen LogP contribution in [0.5, 0.6) is 0 Å². The Morgan fingerprint density at radius 3 is 2.56 bits per heavy atom. The number of ether oxygens (including phenoxy) is 2. The fraction of sp³-hybridized carbons (Fsp3) is 0.231. The first-order valence-corrected chi connectivity index (χ1v) is 5.42. The number of nitrogens with zero attached hydrogens (tertiary/aromatic N) is 1. The van der Waals surface area contributed by atoms with Crippen LogP contribution >= 0.6 is 0 Å². The molecule has 0 aliphatic rings. The molecule has 1 N–H and O–H groups in total. The van der Waals surface area contributed by atoms with Crippen LogP contribution in [0.4, 0.5) is 5.69 Å². The van der Waals surface area contributed by atoms with Crippen molar-refractivity contribution in [2.24, 2.45) is 0 Å². The lowest BCUT2D eigenvalue weighted by atomic mass is 10.3. The minimum absolute atomic E-state index is 0.0531. The molecular formula is C13H16NO4+. The molecule has 0 amide bonds. The van der Waals surface area contributed by atoms with E-state index >= 15 is 0 Å². The zero-order valence-electron chi connectivity index (χ0n) is 10.2. The molecule has 0 radical (unpaired) electrons. The Morgan fingerprint density at radius 1 is 1.33 bits per heavy atom. The smallest absolute Gasteiger partial charge is 0.459 e. The second-order valence-corrected chi connectivity index (χ2v) is 3.40. The van der Waals surface area contributed by atoms with Gasteiger partial charge in [0.05, 0.1) is 0 Å². The SMILES string of the molecule is C=CC(=O)OCCOC(O)=[N+](C)c1ccccc1. The summed E-state index contributed by atoms with van der Waals surface area (Å²) in [6.07, 6.45) is 0.815. The van der Waals surface area contributed by atoms with E-state index < -0.39 is 5.97 Å². The lowest BCUT2D eigenvalue weighted by Crippen LogP contribution is -2.19. The van der Waals surface area contributed by atoms with Gasteiger partial charge in [-0.05, 0) is 0 Å². The van der Waals surface area contributed by atoms with Crippen molar-refractivity contribution < 1.29 is 24.0 Å². The van der Waals surface area contributed by atoms with Gasteiger partial charge in [0.15, 0.2) is 0 Å². The van der Waals surface area contributed by atoms with Gasteiger partial charge in [0, 0.05) is 18.2 Å². The van der Waals surface area contributed by atoms with E-state index in [4.69, 9.17) is 9.47 Å². The summed E-state index contributed by atoms with van der Waals surface area (Å²) in [5.41, 5.74) is 0.790. The summed E-state index contributed by atoms with van der Waals surface area (Å²) in [5.74, 6) is -0.519. The van der Waals surface area contributed by atoms with Crippen molar-refractivity contribution in [3.63, 3.8) is 0 Å². The second-order valence-electron chi connectivity index (χ2n) is 3.40. The summed E-state index contributed by atoms with van der Waals surface area (Å²) >= 11 is 0. The highest BCUT2D eigenvalue weighted by atomic mass is 16.6. The van der Waals surface area contributed by atoms with Crippen LogP contribution in [0.15, 0.2) is 43.0 Å². The van der Waals surface area contributed by atoms with E-state index in [0.717, 1.165) is 11.8 Å². The van der Waals surface area contributed by atoms with Crippen LogP contribution in [0.25, 0.3) is 0 Å². The number of aliphatic hydroxyl groups is 1. The molecule has 0 saturated carbocycles. The van der Waals surface area contributed by atoms with Gasteiger partial charge in [0.2, 0.25) is 5.69 Å². The van der Waals surface area contributed by atoms with E-state index in [2.05, 4.69) is 6.58 Å². The normalized spacial score (nSPS) is 11.4. The summed E-state index contributed by atoms with van der Waals surface area (Å²) in [5, 5.41) is 9.65. The van der Waals surface area contributed by atoms with E-state index in [9.17, 15) is 9.90 Å². The first-order valence-electron chi connectivity index (χ1n) is 5.42. The van der Waals surface area contributed by atoms with E-state index in [1.165, 1.54) is 4.58 Å². The average Bonchev–Trinajstić information content (AvgIpc) is 2.43. The predicted molar refractivity (Wildman–Crippen MR) is 67.0 cm³/mol. The van der Waals surface area contributed by atoms with E-state index in [1.54, 1.807) is 7.05 Å². The molecule has 0 saturated heterocycles. The van der Waals surface area contributed by atoms with Crippen molar-refractivity contribution in [1.82, 2.24) is 0 Å². The molecule has 5 nitrogen and oxygen atoms in total. The molecular weight excluding hydrogens is 234 g/mol. The van der Waals surface area contributed by atoms with Crippen LogP contribution in [0.2, 0.25) is 0 Å². The van der Waals surface area contributed by atoms with Crippen molar-refractivity contribution in [2.45, 2.75) is 0 Å². The Bertz CT molecular complexity index is 440. The van der Waals surface area contributed by atoms with Gasteiger partial charge >= 0.3 is 12.1 Å². The lowest BCUT2D eigenvalue weighted by Gasteiger charge is -2.03. The first kappa shape index (κ1) is 13.8. The van der Waals surface area contributed by atoms with Gasteiger partial charge in [-0.3, -0.25) is 0 Å². The third-order valence-electron chi connectivity index (χ3n) is 2.16. The van der Waals surface area contributed by atoms with Gasteiger partial charge in [0.1, 0.15) is 20.3 Å². The standard InChI is InChI=1S/C13H15NO4/c1-3-12(15)17-9-10-18-13(16)14(2)11-7-5-4-6-8-11/h3-8H,1,9-10H2,2H3/p+1. The number of benzene rings is 1. The molecule has 1 aromatic carbocycles. The highest BCUT2D eigenvalue weighted by Crippen LogP contribution is 2.08. The third-order valence-corrected chi connectivity index (χ3v) is 2.16. The van der Waals surface area contributed by atoms with Crippen LogP contribution < -0.4 is 0 Å². The number of hydrogen-bond donors (Lipinski definition) is 1. The Hall–Kier alpha value is -2.30. The fourth-order valence-electron chi connectivity index (χ4n) is 1.19. The Morgan fingerprint density at radius 2 is 1.94 bits per heavy atom. The van der Waals surface area contributed by atoms with Crippen LogP contribution in [0.3, 0.4) is 0 Å². The summed E-state index contributed by atoms with van der Waals surface area (Å²) in [6.45, 7) is 3.39. The van der Waals surface area contributed by atoms with E-state index in [1.807, 2.05) is 30.3 Å². The topological polar surface area (TPSA) is 58.8 Å². The minimum Gasteiger partial charge on any atom is -0.459 e. The van der Waals surface area contributed by atoms with Gasteiger partial charge in [0.25, 0.3) is 0 Å². The van der Waals surface area contributed by atoms with Crippen LogP contribution in [-0.2, 0) is 14.3 Å². The molecule has 0 aliphatic carbocycles. The second kappa shape index (κ2) is 7.11. The van der Waals surface area contributed by atoms with Crippen molar-refractivity contribution in [2.75, 3.05) is 20.3 Å². The van der Waals surface area contributed by atoms with Crippen molar-refractivity contribution in [3.8, 4) is 0 Å². The number of rotatable bonds is 5. The number of carbonyl (C=O) groups excluding carboxylic acids is 1. The molecule has 5 heteroatoms. The van der Waals surface area contributed by atoms with Gasteiger partial charge in [-0.1, -0.05) is 24.8 Å². The highest BCUT2D eigenvalue weighted by Gasteiger charge is 2.13. The molecule has 1 rings (SSSR count). The van der Waals surface area contributed by atoms with Gasteiger partial charge < -0.3 is 14.6 Å². The maximum atomic E-state index is 10.7. The Balaban J connectivity index is 2.46. The molecule has 0 heterocycles. The fourth-order valence-corrected chi connectivity index (χ4v) is 1.19. The molecule has 18 heavy (non-hydrogen) atoms. The maximum absolute atomic E-state index is 10.7. The van der Waals surface area contributed by atoms with Crippen molar-refractivity contribution in [1.29, 1.82) is 0 Å². The zero-order chi connectivity index (χ0) is 13.4. The molecule has 0 aliphatic heterocycles. The van der Waals surface area contributed by atoms with Crippen LogP contribution in [-0.4, -0.2) is 42.0 Å². The molecule has 0 atom stereocenters.